The Kier molecular flexibility index (Phi) is 3.41. The average Bonchev–Trinajstić information content (AvgIpc) is 3.11. The summed E-state index contributed by atoms with van der Waals surface area (Å²) in [5.41, 5.74) is 0.939. The maximum atomic E-state index is 5.67. The Labute approximate surface area is 111 Å². The molecule has 1 saturated heterocycles. The van der Waals surface area contributed by atoms with Gasteiger partial charge in [-0.05, 0) is 42.3 Å². The van der Waals surface area contributed by atoms with Crippen molar-refractivity contribution < 1.29 is 4.74 Å². The number of hydrogen-bond acceptors (Lipinski definition) is 5. The van der Waals surface area contributed by atoms with Crippen LogP contribution in [0.15, 0.2) is 30.3 Å². The number of hydrogen-bond donors (Lipinski definition) is 1. The smallest absolute Gasteiger partial charge is 0.248 e. The third kappa shape index (κ3) is 2.58. The maximum Gasteiger partial charge on any atom is 0.248 e. The highest BCUT2D eigenvalue weighted by Gasteiger charge is 2.23. The molecule has 3 rings (SSSR count). The number of rotatable bonds is 4. The fraction of sp³-hybridized carbons (Fsp3) is 0.462. The van der Waals surface area contributed by atoms with E-state index < -0.39 is 0 Å². The maximum absolute atomic E-state index is 5.67. The van der Waals surface area contributed by atoms with E-state index in [0.717, 1.165) is 25.1 Å². The van der Waals surface area contributed by atoms with E-state index in [4.69, 9.17) is 4.74 Å². The first-order valence-corrected chi connectivity index (χ1v) is 6.56. The minimum atomic E-state index is 0.191. The van der Waals surface area contributed by atoms with Crippen LogP contribution < -0.4 is 5.32 Å². The van der Waals surface area contributed by atoms with Crippen molar-refractivity contribution in [1.82, 2.24) is 20.2 Å². The fourth-order valence-electron chi connectivity index (χ4n) is 2.31. The monoisotopic (exact) mass is 259 g/mol. The van der Waals surface area contributed by atoms with Crippen molar-refractivity contribution in [2.24, 2.45) is 0 Å². The molecule has 1 aromatic heterocycles. The summed E-state index contributed by atoms with van der Waals surface area (Å²) in [6, 6.07) is 10.0. The molecule has 0 aliphatic carbocycles. The van der Waals surface area contributed by atoms with Gasteiger partial charge >= 0.3 is 0 Å². The summed E-state index contributed by atoms with van der Waals surface area (Å²) >= 11 is 0. The molecule has 100 valence electrons. The van der Waals surface area contributed by atoms with Gasteiger partial charge in [-0.1, -0.05) is 23.3 Å². The number of benzene rings is 1. The third-order valence-corrected chi connectivity index (χ3v) is 3.35. The Hall–Kier alpha value is -1.95. The lowest BCUT2D eigenvalue weighted by Crippen LogP contribution is -2.31. The Morgan fingerprint density at radius 1 is 1.37 bits per heavy atom. The normalized spacial score (nSPS) is 20.4. The van der Waals surface area contributed by atoms with Gasteiger partial charge in [-0.2, -0.15) is 4.68 Å². The summed E-state index contributed by atoms with van der Waals surface area (Å²) in [4.78, 5) is 0. The van der Waals surface area contributed by atoms with E-state index >= 15 is 0 Å². The topological polar surface area (TPSA) is 64.9 Å². The van der Waals surface area contributed by atoms with Crippen LogP contribution in [0.25, 0.3) is 5.69 Å². The first-order valence-electron chi connectivity index (χ1n) is 6.56. The molecule has 1 fully saturated rings. The summed E-state index contributed by atoms with van der Waals surface area (Å²) in [6.45, 7) is 2.94. The van der Waals surface area contributed by atoms with Crippen molar-refractivity contribution in [1.29, 1.82) is 0 Å². The van der Waals surface area contributed by atoms with E-state index in [1.165, 1.54) is 0 Å². The second-order valence-electron chi connectivity index (χ2n) is 4.73. The molecule has 19 heavy (non-hydrogen) atoms. The van der Waals surface area contributed by atoms with Crippen molar-refractivity contribution in [3.8, 4) is 5.69 Å². The molecule has 0 spiro atoms. The van der Waals surface area contributed by atoms with Crippen molar-refractivity contribution in [3.05, 3.63) is 30.3 Å². The molecule has 6 nitrogen and oxygen atoms in total. The molecule has 0 bridgehead atoms. The molecule has 2 unspecified atom stereocenters. The first-order chi connectivity index (χ1) is 9.34. The summed E-state index contributed by atoms with van der Waals surface area (Å²) in [5.74, 6) is 0.647. The SMILES string of the molecule is CC(Nc1nnnn1-c1ccccc1)C1CCCO1. The third-order valence-electron chi connectivity index (χ3n) is 3.35. The highest BCUT2D eigenvalue weighted by Crippen LogP contribution is 2.19. The molecule has 1 aliphatic heterocycles. The van der Waals surface area contributed by atoms with Gasteiger partial charge in [-0.3, -0.25) is 0 Å². The molecule has 2 heterocycles. The van der Waals surface area contributed by atoms with Gasteiger partial charge in [0.25, 0.3) is 0 Å². The predicted molar refractivity (Wildman–Crippen MR) is 71.2 cm³/mol. The van der Waals surface area contributed by atoms with Gasteiger partial charge in [0.2, 0.25) is 5.95 Å². The van der Waals surface area contributed by atoms with E-state index in [1.807, 2.05) is 30.3 Å². The molecule has 2 atom stereocenters. The minimum absolute atomic E-state index is 0.191. The molecule has 1 N–H and O–H groups in total. The van der Waals surface area contributed by atoms with E-state index in [1.54, 1.807) is 4.68 Å². The quantitative estimate of drug-likeness (QED) is 0.904. The second kappa shape index (κ2) is 5.36. The Balaban J connectivity index is 1.77. The predicted octanol–water partition coefficient (Wildman–Crippen LogP) is 1.64. The Morgan fingerprint density at radius 2 is 2.21 bits per heavy atom. The van der Waals surface area contributed by atoms with Crippen LogP contribution in [0.1, 0.15) is 19.8 Å². The van der Waals surface area contributed by atoms with Crippen LogP contribution in [0.5, 0.6) is 0 Å². The number of nitrogens with one attached hydrogen (secondary N) is 1. The highest BCUT2D eigenvalue weighted by molar-refractivity contribution is 5.38. The highest BCUT2D eigenvalue weighted by atomic mass is 16.5. The molecule has 1 aromatic carbocycles. The summed E-state index contributed by atoms with van der Waals surface area (Å²) in [6.07, 6.45) is 2.45. The van der Waals surface area contributed by atoms with E-state index in [9.17, 15) is 0 Å². The van der Waals surface area contributed by atoms with Crippen LogP contribution >= 0.6 is 0 Å². The van der Waals surface area contributed by atoms with Gasteiger partial charge in [-0.25, -0.2) is 0 Å². The van der Waals surface area contributed by atoms with Crippen LogP contribution in [0.2, 0.25) is 0 Å². The van der Waals surface area contributed by atoms with Gasteiger partial charge in [0, 0.05) is 6.61 Å². The lowest BCUT2D eigenvalue weighted by molar-refractivity contribution is 0.0994. The largest absolute Gasteiger partial charge is 0.376 e. The molecule has 6 heteroatoms. The minimum Gasteiger partial charge on any atom is -0.376 e. The molecule has 0 saturated carbocycles. The lowest BCUT2D eigenvalue weighted by atomic mass is 10.1. The number of ether oxygens (including phenoxy) is 1. The van der Waals surface area contributed by atoms with Gasteiger partial charge in [0.1, 0.15) is 0 Å². The zero-order chi connectivity index (χ0) is 13.1. The molecular weight excluding hydrogens is 242 g/mol. The second-order valence-corrected chi connectivity index (χ2v) is 4.73. The van der Waals surface area contributed by atoms with E-state index in [-0.39, 0.29) is 12.1 Å². The number of tetrazole rings is 1. The summed E-state index contributed by atoms with van der Waals surface area (Å²) < 4.78 is 7.37. The Bertz CT molecular complexity index is 521. The van der Waals surface area contributed by atoms with Crippen LogP contribution in [0, 0.1) is 0 Å². The number of para-hydroxylation sites is 1. The molecule has 0 radical (unpaired) electrons. The molecule has 1 aliphatic rings. The van der Waals surface area contributed by atoms with Crippen LogP contribution in [-0.2, 0) is 4.74 Å². The van der Waals surface area contributed by atoms with E-state index in [2.05, 4.69) is 27.8 Å². The fourth-order valence-corrected chi connectivity index (χ4v) is 2.31. The average molecular weight is 259 g/mol. The van der Waals surface area contributed by atoms with Gasteiger partial charge in [0.05, 0.1) is 17.8 Å². The molecule has 2 aromatic rings. The number of nitrogens with zero attached hydrogens (tertiary/aromatic N) is 4. The van der Waals surface area contributed by atoms with Crippen molar-refractivity contribution in [2.75, 3.05) is 11.9 Å². The zero-order valence-electron chi connectivity index (χ0n) is 10.9. The van der Waals surface area contributed by atoms with Crippen molar-refractivity contribution >= 4 is 5.95 Å². The standard InChI is InChI=1S/C13H17N5O/c1-10(12-8-5-9-19-12)14-13-15-16-17-18(13)11-6-3-2-4-7-11/h2-4,6-7,10,12H,5,8-9H2,1H3,(H,14,15,17). The van der Waals surface area contributed by atoms with Crippen molar-refractivity contribution in [3.63, 3.8) is 0 Å². The van der Waals surface area contributed by atoms with Gasteiger partial charge < -0.3 is 10.1 Å². The van der Waals surface area contributed by atoms with Gasteiger partial charge in [-0.15, -0.1) is 0 Å². The number of anilines is 1. The molecule has 0 amide bonds. The molecular formula is C13H17N5O. The van der Waals surface area contributed by atoms with Gasteiger partial charge in [0.15, 0.2) is 0 Å². The zero-order valence-corrected chi connectivity index (χ0v) is 10.9. The summed E-state index contributed by atoms with van der Waals surface area (Å²) in [7, 11) is 0. The van der Waals surface area contributed by atoms with Crippen LogP contribution in [0.4, 0.5) is 5.95 Å². The summed E-state index contributed by atoms with van der Waals surface area (Å²) in [5, 5.41) is 15.1. The lowest BCUT2D eigenvalue weighted by Gasteiger charge is -2.20. The van der Waals surface area contributed by atoms with Crippen LogP contribution in [-0.4, -0.2) is 39.0 Å². The number of aromatic nitrogens is 4. The van der Waals surface area contributed by atoms with E-state index in [0.29, 0.717) is 5.95 Å². The van der Waals surface area contributed by atoms with Crippen molar-refractivity contribution in [2.45, 2.75) is 31.9 Å². The Morgan fingerprint density at radius 3 is 2.95 bits per heavy atom. The van der Waals surface area contributed by atoms with Crippen LogP contribution in [0.3, 0.4) is 0 Å². The first kappa shape index (κ1) is 12.1.